The number of carbonyl (C=O) groups is 3. The summed E-state index contributed by atoms with van der Waals surface area (Å²) < 4.78 is 10.5. The highest BCUT2D eigenvalue weighted by Gasteiger charge is 2.36. The van der Waals surface area contributed by atoms with Gasteiger partial charge in [-0.05, 0) is 37.6 Å². The minimum atomic E-state index is -0.952. The summed E-state index contributed by atoms with van der Waals surface area (Å²) in [7, 11) is 0. The molecule has 1 saturated heterocycles. The fourth-order valence-corrected chi connectivity index (χ4v) is 2.95. The summed E-state index contributed by atoms with van der Waals surface area (Å²) in [5.41, 5.74) is 1.59. The van der Waals surface area contributed by atoms with E-state index in [2.05, 4.69) is 5.32 Å². The number of amides is 2. The normalized spacial score (nSPS) is 17.6. The smallest absolute Gasteiger partial charge is 0.312 e. The van der Waals surface area contributed by atoms with E-state index < -0.39 is 23.9 Å². The molecule has 2 amide bonds. The number of hydrogen-bond donors (Lipinski definition) is 1. The van der Waals surface area contributed by atoms with Crippen LogP contribution in [0.25, 0.3) is 0 Å². The van der Waals surface area contributed by atoms with Gasteiger partial charge in [0.05, 0.1) is 18.7 Å². The molecule has 1 fully saturated rings. The molecule has 2 aromatic rings. The molecule has 2 heterocycles. The summed E-state index contributed by atoms with van der Waals surface area (Å²) in [5.74, 6) is -1.01. The second-order valence-electron chi connectivity index (χ2n) is 6.64. The first kappa shape index (κ1) is 18.7. The van der Waals surface area contributed by atoms with Gasteiger partial charge in [0.2, 0.25) is 5.91 Å². The van der Waals surface area contributed by atoms with Gasteiger partial charge in [-0.25, -0.2) is 0 Å². The summed E-state index contributed by atoms with van der Waals surface area (Å²) in [6.45, 7) is 3.97. The predicted octanol–water partition coefficient (Wildman–Crippen LogP) is 2.51. The lowest BCUT2D eigenvalue weighted by molar-refractivity contribution is -0.157. The Morgan fingerprint density at radius 2 is 2.07 bits per heavy atom. The number of aryl methyl sites for hydroxylation is 1. The number of hydrogen-bond acceptors (Lipinski definition) is 5. The average molecular weight is 370 g/mol. The number of para-hydroxylation sites is 1. The van der Waals surface area contributed by atoms with Crippen molar-refractivity contribution in [1.29, 1.82) is 0 Å². The fourth-order valence-electron chi connectivity index (χ4n) is 2.95. The minimum Gasteiger partial charge on any atom is -0.467 e. The topological polar surface area (TPSA) is 88.8 Å². The zero-order chi connectivity index (χ0) is 19.4. The van der Waals surface area contributed by atoms with E-state index in [0.717, 1.165) is 5.56 Å². The van der Waals surface area contributed by atoms with E-state index in [1.807, 2.05) is 25.1 Å². The molecular formula is C20H22N2O5. The number of nitrogens with one attached hydrogen (secondary N) is 1. The van der Waals surface area contributed by atoms with E-state index in [0.29, 0.717) is 18.0 Å². The standard InChI is InChI=1S/C20H22N2O5/c1-13-6-3-4-8-17(13)21-19(24)14(2)27-20(25)15-10-18(23)22(11-15)12-16-7-5-9-26-16/h3-9,14-15H,10-12H2,1-2H3,(H,21,24)/t14-,15-/m0/s1. The average Bonchev–Trinajstić information content (AvgIpc) is 3.27. The molecule has 27 heavy (non-hydrogen) atoms. The second kappa shape index (κ2) is 8.07. The monoisotopic (exact) mass is 370 g/mol. The third-order valence-corrected chi connectivity index (χ3v) is 4.54. The third kappa shape index (κ3) is 4.55. The van der Waals surface area contributed by atoms with E-state index in [1.54, 1.807) is 23.1 Å². The molecule has 0 radical (unpaired) electrons. The molecule has 0 unspecified atom stereocenters. The molecule has 3 rings (SSSR count). The highest BCUT2D eigenvalue weighted by molar-refractivity contribution is 5.96. The molecule has 0 bridgehead atoms. The van der Waals surface area contributed by atoms with Crippen LogP contribution >= 0.6 is 0 Å². The van der Waals surface area contributed by atoms with Crippen molar-refractivity contribution in [2.45, 2.75) is 32.9 Å². The number of benzene rings is 1. The number of anilines is 1. The van der Waals surface area contributed by atoms with Gasteiger partial charge in [0, 0.05) is 18.7 Å². The van der Waals surface area contributed by atoms with E-state index in [-0.39, 0.29) is 18.9 Å². The lowest BCUT2D eigenvalue weighted by Gasteiger charge is -2.17. The summed E-state index contributed by atoms with van der Waals surface area (Å²) in [4.78, 5) is 38.3. The quantitative estimate of drug-likeness (QED) is 0.789. The van der Waals surface area contributed by atoms with Crippen LogP contribution in [-0.4, -0.2) is 35.3 Å². The lowest BCUT2D eigenvalue weighted by atomic mass is 10.1. The molecular weight excluding hydrogens is 348 g/mol. The Morgan fingerprint density at radius 3 is 2.78 bits per heavy atom. The minimum absolute atomic E-state index is 0.0751. The molecule has 1 aromatic heterocycles. The summed E-state index contributed by atoms with van der Waals surface area (Å²) in [5, 5.41) is 2.75. The number of esters is 1. The Labute approximate surface area is 157 Å². The Morgan fingerprint density at radius 1 is 1.30 bits per heavy atom. The summed E-state index contributed by atoms with van der Waals surface area (Å²) in [6.07, 6.45) is 0.661. The molecule has 0 aliphatic carbocycles. The molecule has 1 aromatic carbocycles. The highest BCUT2D eigenvalue weighted by atomic mass is 16.5. The molecule has 7 nitrogen and oxygen atoms in total. The van der Waals surface area contributed by atoms with E-state index in [4.69, 9.17) is 9.15 Å². The van der Waals surface area contributed by atoms with Crippen molar-refractivity contribution in [3.05, 3.63) is 54.0 Å². The first-order valence-electron chi connectivity index (χ1n) is 8.81. The lowest BCUT2D eigenvalue weighted by Crippen LogP contribution is -2.33. The van der Waals surface area contributed by atoms with Gasteiger partial charge in [-0.15, -0.1) is 0 Å². The van der Waals surface area contributed by atoms with Gasteiger partial charge < -0.3 is 19.4 Å². The number of furan rings is 1. The third-order valence-electron chi connectivity index (χ3n) is 4.54. The van der Waals surface area contributed by atoms with Crippen LogP contribution in [0.5, 0.6) is 0 Å². The molecule has 2 atom stereocenters. The Bertz CT molecular complexity index is 831. The van der Waals surface area contributed by atoms with Crippen LogP contribution in [0.4, 0.5) is 5.69 Å². The van der Waals surface area contributed by atoms with Crippen molar-refractivity contribution < 1.29 is 23.5 Å². The Hall–Kier alpha value is -3.09. The summed E-state index contributed by atoms with van der Waals surface area (Å²) >= 11 is 0. The van der Waals surface area contributed by atoms with Gasteiger partial charge in [0.25, 0.3) is 5.91 Å². The van der Waals surface area contributed by atoms with E-state index in [1.165, 1.54) is 13.2 Å². The largest absolute Gasteiger partial charge is 0.467 e. The fraction of sp³-hybridized carbons (Fsp3) is 0.350. The van der Waals surface area contributed by atoms with Crippen LogP contribution in [0, 0.1) is 12.8 Å². The van der Waals surface area contributed by atoms with Crippen LogP contribution in [0.3, 0.4) is 0 Å². The Kier molecular flexibility index (Phi) is 5.59. The molecule has 1 aliphatic rings. The SMILES string of the molecule is Cc1ccccc1NC(=O)[C@H](C)OC(=O)[C@H]1CC(=O)N(Cc2ccco2)C1. The van der Waals surface area contributed by atoms with Crippen molar-refractivity contribution in [2.75, 3.05) is 11.9 Å². The number of ether oxygens (including phenoxy) is 1. The van der Waals surface area contributed by atoms with Crippen LogP contribution in [-0.2, 0) is 25.7 Å². The van der Waals surface area contributed by atoms with Gasteiger partial charge in [-0.2, -0.15) is 0 Å². The van der Waals surface area contributed by atoms with Gasteiger partial charge >= 0.3 is 5.97 Å². The maximum absolute atomic E-state index is 12.4. The van der Waals surface area contributed by atoms with Gasteiger partial charge in [-0.3, -0.25) is 14.4 Å². The van der Waals surface area contributed by atoms with Crippen LogP contribution in [0.15, 0.2) is 47.1 Å². The van der Waals surface area contributed by atoms with Gasteiger partial charge in [0.15, 0.2) is 6.10 Å². The molecule has 0 saturated carbocycles. The Balaban J connectivity index is 1.53. The number of nitrogens with zero attached hydrogens (tertiary/aromatic N) is 1. The zero-order valence-corrected chi connectivity index (χ0v) is 15.3. The number of carbonyl (C=O) groups excluding carboxylic acids is 3. The van der Waals surface area contributed by atoms with Crippen molar-refractivity contribution in [3.63, 3.8) is 0 Å². The molecule has 7 heteroatoms. The van der Waals surface area contributed by atoms with Crippen LogP contribution < -0.4 is 5.32 Å². The van der Waals surface area contributed by atoms with Gasteiger partial charge in [0.1, 0.15) is 5.76 Å². The number of likely N-dealkylation sites (tertiary alicyclic amines) is 1. The molecule has 142 valence electrons. The van der Waals surface area contributed by atoms with Crippen molar-refractivity contribution in [1.82, 2.24) is 4.90 Å². The maximum Gasteiger partial charge on any atom is 0.312 e. The van der Waals surface area contributed by atoms with Crippen LogP contribution in [0.2, 0.25) is 0 Å². The molecule has 1 N–H and O–H groups in total. The van der Waals surface area contributed by atoms with Crippen molar-refractivity contribution >= 4 is 23.5 Å². The first-order valence-corrected chi connectivity index (χ1v) is 8.81. The molecule has 1 aliphatic heterocycles. The van der Waals surface area contributed by atoms with Gasteiger partial charge in [-0.1, -0.05) is 18.2 Å². The molecule has 0 spiro atoms. The zero-order valence-electron chi connectivity index (χ0n) is 15.3. The summed E-state index contributed by atoms with van der Waals surface area (Å²) in [6, 6.07) is 10.9. The number of rotatable bonds is 6. The van der Waals surface area contributed by atoms with Crippen molar-refractivity contribution in [2.24, 2.45) is 5.92 Å². The maximum atomic E-state index is 12.4. The first-order chi connectivity index (χ1) is 12.9. The van der Waals surface area contributed by atoms with E-state index in [9.17, 15) is 14.4 Å². The highest BCUT2D eigenvalue weighted by Crippen LogP contribution is 2.22. The predicted molar refractivity (Wildman–Crippen MR) is 97.6 cm³/mol. The second-order valence-corrected chi connectivity index (χ2v) is 6.64. The van der Waals surface area contributed by atoms with Crippen molar-refractivity contribution in [3.8, 4) is 0 Å². The van der Waals surface area contributed by atoms with E-state index >= 15 is 0 Å². The van der Waals surface area contributed by atoms with Crippen LogP contribution in [0.1, 0.15) is 24.7 Å².